The Bertz CT molecular complexity index is 129. The Kier molecular flexibility index (Phi) is 2.75. The van der Waals surface area contributed by atoms with Gasteiger partial charge in [-0.1, -0.05) is 6.08 Å². The lowest BCUT2D eigenvalue weighted by Gasteiger charge is -2.20. The Balaban J connectivity index is 2.36. The summed E-state index contributed by atoms with van der Waals surface area (Å²) in [6, 6.07) is 0.706. The first-order chi connectivity index (χ1) is 4.86. The van der Waals surface area contributed by atoms with Crippen molar-refractivity contribution in [2.45, 2.75) is 25.3 Å². The highest BCUT2D eigenvalue weighted by Crippen LogP contribution is 2.14. The van der Waals surface area contributed by atoms with E-state index >= 15 is 0 Å². The lowest BCUT2D eigenvalue weighted by atomic mass is 10.00. The summed E-state index contributed by atoms with van der Waals surface area (Å²) in [5.74, 6) is 0. The number of allylic oxidation sites excluding steroid dienone is 1. The highest BCUT2D eigenvalue weighted by atomic mass is 14.9. The largest absolute Gasteiger partial charge is 0.392 e. The molecular weight excluding hydrogens is 124 g/mol. The minimum atomic E-state index is 0.706. The van der Waals surface area contributed by atoms with Crippen LogP contribution in [0, 0.1) is 0 Å². The van der Waals surface area contributed by atoms with E-state index in [2.05, 4.69) is 16.7 Å². The minimum absolute atomic E-state index is 0.706. The molecule has 2 nitrogen and oxygen atoms in total. The van der Waals surface area contributed by atoms with Gasteiger partial charge in [-0.25, -0.2) is 0 Å². The molecule has 0 saturated carbocycles. The first kappa shape index (κ1) is 7.61. The molecule has 10 heavy (non-hydrogen) atoms. The van der Waals surface area contributed by atoms with Crippen LogP contribution in [-0.4, -0.2) is 20.1 Å². The molecule has 2 heteroatoms. The molecule has 1 rings (SSSR count). The molecule has 0 fully saturated rings. The van der Waals surface area contributed by atoms with Crippen LogP contribution in [0.1, 0.15) is 19.3 Å². The Morgan fingerprint density at radius 3 is 2.70 bits per heavy atom. The van der Waals surface area contributed by atoms with Crippen LogP contribution in [0.2, 0.25) is 0 Å². The van der Waals surface area contributed by atoms with Gasteiger partial charge < -0.3 is 10.6 Å². The van der Waals surface area contributed by atoms with Gasteiger partial charge in [0, 0.05) is 18.8 Å². The maximum Gasteiger partial charge on any atom is 0.0103 e. The molecule has 0 bridgehead atoms. The van der Waals surface area contributed by atoms with E-state index in [-0.39, 0.29) is 0 Å². The van der Waals surface area contributed by atoms with Gasteiger partial charge in [0.05, 0.1) is 0 Å². The monoisotopic (exact) mass is 140 g/mol. The Hall–Kier alpha value is -0.500. The second-order valence-electron chi connectivity index (χ2n) is 2.74. The highest BCUT2D eigenvalue weighted by molar-refractivity contribution is 5.04. The van der Waals surface area contributed by atoms with Crippen LogP contribution in [0.15, 0.2) is 11.8 Å². The van der Waals surface area contributed by atoms with Crippen LogP contribution in [0.5, 0.6) is 0 Å². The average Bonchev–Trinajstić information content (AvgIpc) is 2.05. The van der Waals surface area contributed by atoms with Gasteiger partial charge in [0.15, 0.2) is 0 Å². The molecule has 0 amide bonds. The van der Waals surface area contributed by atoms with E-state index in [0.717, 1.165) is 0 Å². The number of hydrogen-bond donors (Lipinski definition) is 2. The lowest BCUT2D eigenvalue weighted by molar-refractivity contribution is 0.497. The van der Waals surface area contributed by atoms with E-state index in [1.54, 1.807) is 0 Å². The maximum absolute atomic E-state index is 3.28. The molecule has 0 saturated heterocycles. The van der Waals surface area contributed by atoms with Gasteiger partial charge in [0.25, 0.3) is 0 Å². The van der Waals surface area contributed by atoms with Crippen LogP contribution < -0.4 is 10.6 Å². The predicted octanol–water partition coefficient (Wildman–Crippen LogP) is 0.862. The highest BCUT2D eigenvalue weighted by Gasteiger charge is 2.10. The van der Waals surface area contributed by atoms with E-state index < -0.39 is 0 Å². The van der Waals surface area contributed by atoms with Crippen LogP contribution >= 0.6 is 0 Å². The van der Waals surface area contributed by atoms with E-state index in [0.29, 0.717) is 6.04 Å². The first-order valence-electron chi connectivity index (χ1n) is 3.91. The van der Waals surface area contributed by atoms with Crippen LogP contribution in [0.4, 0.5) is 0 Å². The van der Waals surface area contributed by atoms with Gasteiger partial charge in [0.1, 0.15) is 0 Å². The zero-order valence-corrected chi connectivity index (χ0v) is 6.78. The Labute approximate surface area is 62.7 Å². The molecule has 0 aromatic carbocycles. The molecule has 0 aromatic heterocycles. The molecule has 0 heterocycles. The van der Waals surface area contributed by atoms with Crippen molar-refractivity contribution in [3.63, 3.8) is 0 Å². The fourth-order valence-electron chi connectivity index (χ4n) is 1.32. The molecule has 0 spiro atoms. The summed E-state index contributed by atoms with van der Waals surface area (Å²) in [7, 11) is 4.02. The Morgan fingerprint density at radius 2 is 2.30 bits per heavy atom. The molecule has 1 unspecified atom stereocenters. The van der Waals surface area contributed by atoms with Crippen molar-refractivity contribution < 1.29 is 0 Å². The summed E-state index contributed by atoms with van der Waals surface area (Å²) < 4.78 is 0. The zero-order valence-electron chi connectivity index (χ0n) is 6.78. The summed E-state index contributed by atoms with van der Waals surface area (Å²) in [4.78, 5) is 0. The van der Waals surface area contributed by atoms with Crippen molar-refractivity contribution in [1.29, 1.82) is 0 Å². The van der Waals surface area contributed by atoms with Crippen LogP contribution in [-0.2, 0) is 0 Å². The van der Waals surface area contributed by atoms with Crippen molar-refractivity contribution in [1.82, 2.24) is 10.6 Å². The predicted molar refractivity (Wildman–Crippen MR) is 43.8 cm³/mol. The van der Waals surface area contributed by atoms with Gasteiger partial charge in [-0.15, -0.1) is 0 Å². The fourth-order valence-corrected chi connectivity index (χ4v) is 1.32. The van der Waals surface area contributed by atoms with Crippen molar-refractivity contribution in [3.05, 3.63) is 11.8 Å². The summed E-state index contributed by atoms with van der Waals surface area (Å²) in [6.45, 7) is 0. The fraction of sp³-hybridized carbons (Fsp3) is 0.750. The quantitative estimate of drug-likeness (QED) is 0.594. The second kappa shape index (κ2) is 3.62. The van der Waals surface area contributed by atoms with Gasteiger partial charge in [-0.2, -0.15) is 0 Å². The minimum Gasteiger partial charge on any atom is -0.392 e. The normalized spacial score (nSPS) is 25.8. The van der Waals surface area contributed by atoms with Crippen LogP contribution in [0.25, 0.3) is 0 Å². The number of rotatable bonds is 2. The Morgan fingerprint density at radius 1 is 1.50 bits per heavy atom. The van der Waals surface area contributed by atoms with Gasteiger partial charge in [-0.05, 0) is 26.3 Å². The van der Waals surface area contributed by atoms with E-state index in [1.807, 2.05) is 14.1 Å². The van der Waals surface area contributed by atoms with Gasteiger partial charge in [0.2, 0.25) is 0 Å². The molecule has 1 aliphatic carbocycles. The summed E-state index contributed by atoms with van der Waals surface area (Å²) >= 11 is 0. The molecule has 0 aromatic rings. The summed E-state index contributed by atoms with van der Waals surface area (Å²) in [5, 5.41) is 6.46. The summed E-state index contributed by atoms with van der Waals surface area (Å²) in [5.41, 5.74) is 1.39. The van der Waals surface area contributed by atoms with E-state index in [9.17, 15) is 0 Å². The first-order valence-corrected chi connectivity index (χ1v) is 3.91. The molecule has 0 aliphatic heterocycles. The topological polar surface area (TPSA) is 24.1 Å². The van der Waals surface area contributed by atoms with Gasteiger partial charge in [-0.3, -0.25) is 0 Å². The standard InChI is InChI=1S/C8H16N2/c1-9-7-3-5-8(10-2)6-4-7/h3,8-10H,4-6H2,1-2H3. The number of nitrogens with one attached hydrogen (secondary N) is 2. The van der Waals surface area contributed by atoms with Crippen molar-refractivity contribution >= 4 is 0 Å². The molecule has 1 atom stereocenters. The molecule has 58 valence electrons. The van der Waals surface area contributed by atoms with E-state index in [4.69, 9.17) is 0 Å². The molecular formula is C8H16N2. The third-order valence-corrected chi connectivity index (χ3v) is 2.14. The maximum atomic E-state index is 3.28. The van der Waals surface area contributed by atoms with Crippen LogP contribution in [0.3, 0.4) is 0 Å². The molecule has 2 N–H and O–H groups in total. The smallest absolute Gasteiger partial charge is 0.0103 e. The van der Waals surface area contributed by atoms with Gasteiger partial charge >= 0.3 is 0 Å². The second-order valence-corrected chi connectivity index (χ2v) is 2.74. The third-order valence-electron chi connectivity index (χ3n) is 2.14. The third kappa shape index (κ3) is 1.74. The molecule has 1 aliphatic rings. The number of hydrogen-bond acceptors (Lipinski definition) is 2. The van der Waals surface area contributed by atoms with E-state index in [1.165, 1.54) is 25.0 Å². The zero-order chi connectivity index (χ0) is 7.40. The van der Waals surface area contributed by atoms with Crippen molar-refractivity contribution in [2.75, 3.05) is 14.1 Å². The van der Waals surface area contributed by atoms with Crippen molar-refractivity contribution in [2.24, 2.45) is 0 Å². The average molecular weight is 140 g/mol. The van der Waals surface area contributed by atoms with Crippen molar-refractivity contribution in [3.8, 4) is 0 Å². The summed E-state index contributed by atoms with van der Waals surface area (Å²) in [6.07, 6.45) is 5.92. The lowest BCUT2D eigenvalue weighted by Crippen LogP contribution is -2.28. The molecule has 0 radical (unpaired) electrons. The SMILES string of the molecule is CNC1=CCC(NC)CC1.